The SMILES string of the molecule is COc1ccc(-c2c(C)sc3ncc(C=O)n23)cc1. The molecule has 96 valence electrons. The minimum absolute atomic E-state index is 0.574. The molecule has 0 fully saturated rings. The minimum Gasteiger partial charge on any atom is -0.497 e. The molecule has 0 bridgehead atoms. The molecule has 0 saturated heterocycles. The number of fused-ring (bicyclic) bond motifs is 1. The van der Waals surface area contributed by atoms with Gasteiger partial charge < -0.3 is 4.74 Å². The number of nitrogens with zero attached hydrogens (tertiary/aromatic N) is 2. The predicted molar refractivity (Wildman–Crippen MR) is 75.2 cm³/mol. The number of methoxy groups -OCH3 is 1. The van der Waals surface area contributed by atoms with Crippen molar-refractivity contribution in [1.29, 1.82) is 0 Å². The largest absolute Gasteiger partial charge is 0.497 e. The van der Waals surface area contributed by atoms with Gasteiger partial charge in [-0.15, -0.1) is 11.3 Å². The first-order valence-electron chi connectivity index (χ1n) is 5.81. The lowest BCUT2D eigenvalue weighted by atomic mass is 10.1. The van der Waals surface area contributed by atoms with E-state index in [0.29, 0.717) is 5.69 Å². The van der Waals surface area contributed by atoms with Crippen LogP contribution >= 0.6 is 11.3 Å². The zero-order chi connectivity index (χ0) is 13.4. The van der Waals surface area contributed by atoms with E-state index in [0.717, 1.165) is 33.1 Å². The van der Waals surface area contributed by atoms with Gasteiger partial charge in [-0.25, -0.2) is 4.98 Å². The summed E-state index contributed by atoms with van der Waals surface area (Å²) in [5.41, 5.74) is 2.64. The first kappa shape index (κ1) is 11.9. The summed E-state index contributed by atoms with van der Waals surface area (Å²) in [5.74, 6) is 0.814. The Labute approximate surface area is 114 Å². The van der Waals surface area contributed by atoms with E-state index >= 15 is 0 Å². The molecule has 0 aliphatic heterocycles. The van der Waals surface area contributed by atoms with Gasteiger partial charge >= 0.3 is 0 Å². The average molecular weight is 272 g/mol. The summed E-state index contributed by atoms with van der Waals surface area (Å²) in [6, 6.07) is 7.80. The number of imidazole rings is 1. The molecular formula is C14H12N2O2S. The molecule has 2 aromatic heterocycles. The van der Waals surface area contributed by atoms with Crippen LogP contribution in [0.3, 0.4) is 0 Å². The molecule has 0 unspecified atom stereocenters. The van der Waals surface area contributed by atoms with E-state index in [1.165, 1.54) is 0 Å². The molecule has 3 aromatic rings. The molecule has 0 aliphatic carbocycles. The van der Waals surface area contributed by atoms with Crippen molar-refractivity contribution in [1.82, 2.24) is 9.38 Å². The Bertz CT molecular complexity index is 741. The van der Waals surface area contributed by atoms with Crippen molar-refractivity contribution in [3.8, 4) is 17.0 Å². The van der Waals surface area contributed by atoms with E-state index in [1.807, 2.05) is 35.6 Å². The molecule has 0 radical (unpaired) electrons. The number of benzene rings is 1. The smallest absolute Gasteiger partial charge is 0.194 e. The molecule has 0 N–H and O–H groups in total. The Morgan fingerprint density at radius 3 is 2.68 bits per heavy atom. The van der Waals surface area contributed by atoms with Crippen LogP contribution in [0.25, 0.3) is 16.2 Å². The van der Waals surface area contributed by atoms with Crippen molar-refractivity contribution in [2.75, 3.05) is 7.11 Å². The number of aldehydes is 1. The van der Waals surface area contributed by atoms with E-state index in [9.17, 15) is 4.79 Å². The van der Waals surface area contributed by atoms with Gasteiger partial charge in [0.1, 0.15) is 11.4 Å². The lowest BCUT2D eigenvalue weighted by Gasteiger charge is -2.05. The van der Waals surface area contributed by atoms with Crippen LogP contribution in [-0.4, -0.2) is 22.8 Å². The number of thiazole rings is 1. The number of hydrogen-bond donors (Lipinski definition) is 0. The van der Waals surface area contributed by atoms with E-state index in [4.69, 9.17) is 4.74 Å². The highest BCUT2D eigenvalue weighted by atomic mass is 32.1. The predicted octanol–water partition coefficient (Wildman–Crippen LogP) is 3.19. The van der Waals surface area contributed by atoms with Gasteiger partial charge in [-0.1, -0.05) is 0 Å². The quantitative estimate of drug-likeness (QED) is 0.688. The van der Waals surface area contributed by atoms with E-state index < -0.39 is 0 Å². The summed E-state index contributed by atoms with van der Waals surface area (Å²) in [4.78, 5) is 17.3. The van der Waals surface area contributed by atoms with Crippen molar-refractivity contribution in [2.45, 2.75) is 6.92 Å². The summed E-state index contributed by atoms with van der Waals surface area (Å²) in [5, 5.41) is 0. The monoisotopic (exact) mass is 272 g/mol. The number of aryl methyl sites for hydroxylation is 1. The molecule has 4 nitrogen and oxygen atoms in total. The van der Waals surface area contributed by atoms with Crippen molar-refractivity contribution >= 4 is 22.6 Å². The number of carbonyl (C=O) groups excluding carboxylic acids is 1. The van der Waals surface area contributed by atoms with Crippen molar-refractivity contribution < 1.29 is 9.53 Å². The maximum absolute atomic E-state index is 11.1. The number of rotatable bonds is 3. The number of aromatic nitrogens is 2. The molecule has 0 atom stereocenters. The van der Waals surface area contributed by atoms with E-state index in [-0.39, 0.29) is 0 Å². The van der Waals surface area contributed by atoms with Crippen molar-refractivity contribution in [3.05, 3.63) is 41.0 Å². The Hall–Kier alpha value is -2.14. The highest BCUT2D eigenvalue weighted by Gasteiger charge is 2.15. The lowest BCUT2D eigenvalue weighted by molar-refractivity contribution is 0.111. The standard InChI is InChI=1S/C14H12N2O2S/c1-9-13(10-3-5-12(18-2)6-4-10)16-11(8-17)7-15-14(16)19-9/h3-8H,1-2H3. The topological polar surface area (TPSA) is 43.6 Å². The summed E-state index contributed by atoms with van der Waals surface area (Å²) in [6.07, 6.45) is 2.44. The molecule has 2 heterocycles. The Morgan fingerprint density at radius 2 is 2.05 bits per heavy atom. The van der Waals surface area contributed by atoms with Crippen LogP contribution in [0.4, 0.5) is 0 Å². The number of hydrogen-bond acceptors (Lipinski definition) is 4. The van der Waals surface area contributed by atoms with Gasteiger partial charge in [0.15, 0.2) is 11.2 Å². The van der Waals surface area contributed by atoms with Gasteiger partial charge in [0, 0.05) is 4.88 Å². The van der Waals surface area contributed by atoms with Gasteiger partial charge in [-0.3, -0.25) is 9.20 Å². The fourth-order valence-electron chi connectivity index (χ4n) is 2.15. The molecule has 0 aliphatic rings. The Morgan fingerprint density at radius 1 is 1.32 bits per heavy atom. The van der Waals surface area contributed by atoms with E-state index in [1.54, 1.807) is 24.6 Å². The maximum atomic E-state index is 11.1. The van der Waals surface area contributed by atoms with Crippen LogP contribution in [0, 0.1) is 6.92 Å². The van der Waals surface area contributed by atoms with Crippen LogP contribution in [-0.2, 0) is 0 Å². The van der Waals surface area contributed by atoms with Crippen LogP contribution in [0.2, 0.25) is 0 Å². The third-order valence-electron chi connectivity index (χ3n) is 3.04. The third-order valence-corrected chi connectivity index (χ3v) is 4.01. The molecule has 1 aromatic carbocycles. The highest BCUT2D eigenvalue weighted by Crippen LogP contribution is 2.32. The fraction of sp³-hybridized carbons (Fsp3) is 0.143. The number of ether oxygens (including phenoxy) is 1. The van der Waals surface area contributed by atoms with Crippen molar-refractivity contribution in [2.24, 2.45) is 0 Å². The van der Waals surface area contributed by atoms with Crippen LogP contribution in [0.5, 0.6) is 5.75 Å². The molecular weight excluding hydrogens is 260 g/mol. The molecule has 3 rings (SSSR count). The molecule has 0 amide bonds. The second-order valence-electron chi connectivity index (χ2n) is 4.15. The first-order valence-corrected chi connectivity index (χ1v) is 6.62. The van der Waals surface area contributed by atoms with Crippen LogP contribution in [0.1, 0.15) is 15.4 Å². The summed E-state index contributed by atoms with van der Waals surface area (Å²) in [6.45, 7) is 2.04. The number of carbonyl (C=O) groups is 1. The van der Waals surface area contributed by atoms with Gasteiger partial charge in [0.2, 0.25) is 0 Å². The van der Waals surface area contributed by atoms with Gasteiger partial charge in [-0.05, 0) is 36.8 Å². The second-order valence-corrected chi connectivity index (χ2v) is 5.34. The third kappa shape index (κ3) is 1.82. The highest BCUT2D eigenvalue weighted by molar-refractivity contribution is 7.17. The summed E-state index contributed by atoms with van der Waals surface area (Å²) >= 11 is 1.58. The lowest BCUT2D eigenvalue weighted by Crippen LogP contribution is -1.93. The Balaban J connectivity index is 2.24. The van der Waals surface area contributed by atoms with E-state index in [2.05, 4.69) is 4.98 Å². The van der Waals surface area contributed by atoms with Gasteiger partial charge in [0.05, 0.1) is 19.0 Å². The molecule has 19 heavy (non-hydrogen) atoms. The zero-order valence-electron chi connectivity index (χ0n) is 10.6. The van der Waals surface area contributed by atoms with Crippen molar-refractivity contribution in [3.63, 3.8) is 0 Å². The molecule has 5 heteroatoms. The first-order chi connectivity index (χ1) is 9.24. The summed E-state index contributed by atoms with van der Waals surface area (Å²) < 4.78 is 7.06. The zero-order valence-corrected chi connectivity index (χ0v) is 11.4. The molecule has 0 saturated carbocycles. The molecule has 0 spiro atoms. The summed E-state index contributed by atoms with van der Waals surface area (Å²) in [7, 11) is 1.64. The normalized spacial score (nSPS) is 10.8. The minimum atomic E-state index is 0.574. The van der Waals surface area contributed by atoms with Gasteiger partial charge in [0.25, 0.3) is 0 Å². The fourth-order valence-corrected chi connectivity index (χ4v) is 3.12. The maximum Gasteiger partial charge on any atom is 0.194 e. The second kappa shape index (κ2) is 4.51. The van der Waals surface area contributed by atoms with Crippen LogP contribution < -0.4 is 4.74 Å². The van der Waals surface area contributed by atoms with Gasteiger partial charge in [-0.2, -0.15) is 0 Å². The average Bonchev–Trinajstić information content (AvgIpc) is 2.96. The Kier molecular flexibility index (Phi) is 2.83. The van der Waals surface area contributed by atoms with Crippen LogP contribution in [0.15, 0.2) is 30.5 Å².